The second-order valence-electron chi connectivity index (χ2n) is 5.78. The van der Waals surface area contributed by atoms with Gasteiger partial charge in [-0.2, -0.15) is 0 Å². The summed E-state index contributed by atoms with van der Waals surface area (Å²) in [6.07, 6.45) is 2.57. The zero-order valence-corrected chi connectivity index (χ0v) is 11.9. The van der Waals surface area contributed by atoms with Crippen molar-refractivity contribution in [3.8, 4) is 0 Å². The van der Waals surface area contributed by atoms with Crippen LogP contribution in [0.3, 0.4) is 0 Å². The number of nitrogens with zero attached hydrogens (tertiary/aromatic N) is 2. The summed E-state index contributed by atoms with van der Waals surface area (Å²) in [5, 5.41) is 12.9. The maximum atomic E-state index is 9.55. The van der Waals surface area contributed by atoms with Gasteiger partial charge in [0.15, 0.2) is 0 Å². The number of aliphatic hydroxyl groups is 1. The van der Waals surface area contributed by atoms with E-state index in [1.54, 1.807) is 0 Å². The molecule has 1 saturated heterocycles. The Morgan fingerprint density at radius 1 is 1.47 bits per heavy atom. The Balaban J connectivity index is 2.53. The number of likely N-dealkylation sites (N-methyl/N-ethyl adjacent to an activating group) is 2. The van der Waals surface area contributed by atoms with Crippen molar-refractivity contribution >= 4 is 0 Å². The van der Waals surface area contributed by atoms with Crippen molar-refractivity contribution in [2.45, 2.75) is 38.3 Å². The lowest BCUT2D eigenvalue weighted by Crippen LogP contribution is -2.55. The first kappa shape index (κ1) is 14.9. The lowest BCUT2D eigenvalue weighted by atomic mass is 10.0. The van der Waals surface area contributed by atoms with E-state index in [0.29, 0.717) is 6.04 Å². The van der Waals surface area contributed by atoms with Crippen LogP contribution in [-0.2, 0) is 0 Å². The smallest absolute Gasteiger partial charge is 0.0623 e. The van der Waals surface area contributed by atoms with Gasteiger partial charge in [-0.25, -0.2) is 0 Å². The molecule has 1 heterocycles. The fourth-order valence-corrected chi connectivity index (χ4v) is 2.77. The first-order chi connectivity index (χ1) is 8.00. The van der Waals surface area contributed by atoms with Crippen molar-refractivity contribution in [3.63, 3.8) is 0 Å². The van der Waals surface area contributed by atoms with Gasteiger partial charge in [-0.15, -0.1) is 0 Å². The van der Waals surface area contributed by atoms with E-state index in [1.165, 1.54) is 19.4 Å². The molecule has 17 heavy (non-hydrogen) atoms. The first-order valence-electron chi connectivity index (χ1n) is 6.75. The quantitative estimate of drug-likeness (QED) is 0.678. The molecule has 1 aliphatic heterocycles. The topological polar surface area (TPSA) is 38.7 Å². The Hall–Kier alpha value is -0.160. The van der Waals surface area contributed by atoms with Crippen molar-refractivity contribution in [1.29, 1.82) is 0 Å². The summed E-state index contributed by atoms with van der Waals surface area (Å²) < 4.78 is 0. The van der Waals surface area contributed by atoms with Crippen LogP contribution in [-0.4, -0.2) is 73.4 Å². The number of hydrogen-bond donors (Lipinski definition) is 2. The third-order valence-electron chi connectivity index (χ3n) is 3.58. The van der Waals surface area contributed by atoms with E-state index < -0.39 is 0 Å². The maximum Gasteiger partial charge on any atom is 0.0623 e. The van der Waals surface area contributed by atoms with Crippen LogP contribution >= 0.6 is 0 Å². The molecular formula is C13H29N3O. The first-order valence-corrected chi connectivity index (χ1v) is 6.75. The van der Waals surface area contributed by atoms with E-state index in [1.807, 2.05) is 0 Å². The van der Waals surface area contributed by atoms with E-state index in [4.69, 9.17) is 0 Å². The molecule has 4 heteroatoms. The van der Waals surface area contributed by atoms with Gasteiger partial charge in [-0.3, -0.25) is 4.90 Å². The van der Waals surface area contributed by atoms with Crippen molar-refractivity contribution in [2.75, 3.05) is 46.9 Å². The normalized spacial score (nSPS) is 25.4. The van der Waals surface area contributed by atoms with Gasteiger partial charge in [0.2, 0.25) is 0 Å². The zero-order chi connectivity index (χ0) is 12.9. The zero-order valence-electron chi connectivity index (χ0n) is 11.9. The van der Waals surface area contributed by atoms with Crippen molar-refractivity contribution in [3.05, 3.63) is 0 Å². The van der Waals surface area contributed by atoms with Crippen LogP contribution < -0.4 is 5.32 Å². The molecule has 0 aromatic heterocycles. The van der Waals surface area contributed by atoms with Gasteiger partial charge < -0.3 is 15.3 Å². The van der Waals surface area contributed by atoms with Crippen LogP contribution in [0, 0.1) is 0 Å². The van der Waals surface area contributed by atoms with E-state index in [0.717, 1.165) is 19.6 Å². The fraction of sp³-hybridized carbons (Fsp3) is 1.00. The summed E-state index contributed by atoms with van der Waals surface area (Å²) in [7, 11) is 4.26. The van der Waals surface area contributed by atoms with Gasteiger partial charge in [-0.05, 0) is 47.0 Å². The summed E-state index contributed by atoms with van der Waals surface area (Å²) >= 11 is 0. The molecule has 2 atom stereocenters. The summed E-state index contributed by atoms with van der Waals surface area (Å²) in [6.45, 7) is 8.54. The maximum absolute atomic E-state index is 9.55. The molecule has 0 saturated carbocycles. The average molecular weight is 243 g/mol. The van der Waals surface area contributed by atoms with E-state index in [2.05, 4.69) is 43.1 Å². The highest BCUT2D eigenvalue weighted by Gasteiger charge is 2.32. The minimum absolute atomic E-state index is 0.163. The molecule has 102 valence electrons. The molecule has 2 unspecified atom stereocenters. The number of hydrogen-bond acceptors (Lipinski definition) is 4. The van der Waals surface area contributed by atoms with Crippen molar-refractivity contribution in [1.82, 2.24) is 15.1 Å². The van der Waals surface area contributed by atoms with Crippen LogP contribution in [0.5, 0.6) is 0 Å². The molecule has 1 aliphatic rings. The Kier molecular flexibility index (Phi) is 5.86. The molecule has 4 nitrogen and oxygen atoms in total. The van der Waals surface area contributed by atoms with E-state index in [9.17, 15) is 5.11 Å². The van der Waals surface area contributed by atoms with Crippen LogP contribution in [0.1, 0.15) is 26.7 Å². The molecule has 0 aromatic rings. The van der Waals surface area contributed by atoms with Crippen molar-refractivity contribution < 1.29 is 5.11 Å². The highest BCUT2D eigenvalue weighted by molar-refractivity contribution is 4.91. The summed E-state index contributed by atoms with van der Waals surface area (Å²) in [5.74, 6) is 0. The number of rotatable bonds is 7. The summed E-state index contributed by atoms with van der Waals surface area (Å²) in [4.78, 5) is 4.78. The van der Waals surface area contributed by atoms with Crippen molar-refractivity contribution in [2.24, 2.45) is 0 Å². The Morgan fingerprint density at radius 3 is 2.71 bits per heavy atom. The van der Waals surface area contributed by atoms with Crippen LogP contribution in [0.4, 0.5) is 0 Å². The highest BCUT2D eigenvalue weighted by atomic mass is 16.3. The van der Waals surface area contributed by atoms with Gasteiger partial charge in [0.1, 0.15) is 0 Å². The minimum Gasteiger partial charge on any atom is -0.394 e. The van der Waals surface area contributed by atoms with Crippen LogP contribution in [0.2, 0.25) is 0 Å². The second-order valence-corrected chi connectivity index (χ2v) is 5.78. The molecular weight excluding hydrogens is 214 g/mol. The molecule has 1 fully saturated rings. The number of nitrogens with one attached hydrogen (secondary N) is 1. The molecule has 2 N–H and O–H groups in total. The molecule has 0 aliphatic carbocycles. The van der Waals surface area contributed by atoms with Gasteiger partial charge in [0.25, 0.3) is 0 Å². The van der Waals surface area contributed by atoms with E-state index >= 15 is 0 Å². The third-order valence-corrected chi connectivity index (χ3v) is 3.58. The van der Waals surface area contributed by atoms with Gasteiger partial charge in [0, 0.05) is 19.1 Å². The predicted octanol–water partition coefficient (Wildman–Crippen LogP) is 0.373. The van der Waals surface area contributed by atoms with Gasteiger partial charge >= 0.3 is 0 Å². The average Bonchev–Trinajstić information content (AvgIpc) is 2.65. The predicted molar refractivity (Wildman–Crippen MR) is 72.3 cm³/mol. The Morgan fingerprint density at radius 2 is 2.18 bits per heavy atom. The monoisotopic (exact) mass is 243 g/mol. The lowest BCUT2D eigenvalue weighted by Gasteiger charge is -2.36. The molecule has 0 spiro atoms. The molecule has 0 amide bonds. The molecule has 0 aromatic carbocycles. The van der Waals surface area contributed by atoms with Crippen LogP contribution in [0.25, 0.3) is 0 Å². The summed E-state index contributed by atoms with van der Waals surface area (Å²) in [5.41, 5.74) is -0.163. The fourth-order valence-electron chi connectivity index (χ4n) is 2.77. The minimum atomic E-state index is -0.163. The Bertz CT molecular complexity index is 223. The molecule has 1 rings (SSSR count). The Labute approximate surface area is 106 Å². The van der Waals surface area contributed by atoms with E-state index in [-0.39, 0.29) is 12.1 Å². The largest absolute Gasteiger partial charge is 0.394 e. The second kappa shape index (κ2) is 6.69. The SMILES string of the molecule is CCNC(C)(CO)CN1CCCC1CN(C)C. The molecule has 0 bridgehead atoms. The van der Waals surface area contributed by atoms with Gasteiger partial charge in [-0.1, -0.05) is 6.92 Å². The lowest BCUT2D eigenvalue weighted by molar-refractivity contribution is 0.106. The highest BCUT2D eigenvalue weighted by Crippen LogP contribution is 2.20. The summed E-state index contributed by atoms with van der Waals surface area (Å²) in [6, 6.07) is 0.648. The van der Waals surface area contributed by atoms with Crippen LogP contribution in [0.15, 0.2) is 0 Å². The standard InChI is InChI=1S/C13H29N3O/c1-5-14-13(2,11-17)10-16-8-6-7-12(16)9-15(3)4/h12,14,17H,5-11H2,1-4H3. The van der Waals surface area contributed by atoms with Gasteiger partial charge in [0.05, 0.1) is 12.1 Å². The third kappa shape index (κ3) is 4.54. The number of likely N-dealkylation sites (tertiary alicyclic amines) is 1. The number of aliphatic hydroxyl groups excluding tert-OH is 1. The molecule has 0 radical (unpaired) electrons.